The molecule has 2 rings (SSSR count). The number of anilines is 1. The minimum absolute atomic E-state index is 0.00796. The van der Waals surface area contributed by atoms with Gasteiger partial charge in [-0.2, -0.15) is 0 Å². The minimum atomic E-state index is 0.00796. The predicted octanol–water partition coefficient (Wildman–Crippen LogP) is 2.94. The zero-order chi connectivity index (χ0) is 14.6. The molecule has 4 nitrogen and oxygen atoms in total. The smallest absolute Gasteiger partial charge is 0.141 e. The summed E-state index contributed by atoms with van der Waals surface area (Å²) >= 11 is 0. The van der Waals surface area contributed by atoms with Gasteiger partial charge in [0.15, 0.2) is 0 Å². The number of nitrogens with zero attached hydrogens (tertiary/aromatic N) is 2. The lowest BCUT2D eigenvalue weighted by Gasteiger charge is -2.27. The fourth-order valence-electron chi connectivity index (χ4n) is 2.25. The Morgan fingerprint density at radius 1 is 1.30 bits per heavy atom. The average molecular weight is 272 g/mol. The number of hydrogen-bond donors (Lipinski definition) is 2. The van der Waals surface area contributed by atoms with E-state index in [1.807, 2.05) is 12.3 Å². The molecule has 0 aliphatic rings. The van der Waals surface area contributed by atoms with Gasteiger partial charge in [-0.15, -0.1) is 0 Å². The second-order valence-corrected chi connectivity index (χ2v) is 5.85. The van der Waals surface area contributed by atoms with Gasteiger partial charge >= 0.3 is 0 Å². The first-order valence-electron chi connectivity index (χ1n) is 7.07. The lowest BCUT2D eigenvalue weighted by Crippen LogP contribution is -2.31. The zero-order valence-corrected chi connectivity index (χ0v) is 12.5. The number of hydrogen-bond acceptors (Lipinski definition) is 3. The SMILES string of the molecule is CC(NCCC(C)(C)n1cnc(N)c1)c1ccccc1. The van der Waals surface area contributed by atoms with Crippen LogP contribution in [-0.4, -0.2) is 16.1 Å². The second-order valence-electron chi connectivity index (χ2n) is 5.85. The molecule has 1 aromatic heterocycles. The number of benzene rings is 1. The molecule has 0 aliphatic carbocycles. The van der Waals surface area contributed by atoms with Crippen molar-refractivity contribution in [3.8, 4) is 0 Å². The van der Waals surface area contributed by atoms with Crippen molar-refractivity contribution in [3.63, 3.8) is 0 Å². The number of nitrogens with two attached hydrogens (primary N) is 1. The Bertz CT molecular complexity index is 530. The van der Waals surface area contributed by atoms with E-state index in [4.69, 9.17) is 5.73 Å². The highest BCUT2D eigenvalue weighted by Crippen LogP contribution is 2.20. The standard InChI is InChI=1S/C16H24N4/c1-13(14-7-5-4-6-8-14)18-10-9-16(2,3)20-11-15(17)19-12-20/h4-8,11-13,18H,9-10,17H2,1-3H3. The minimum Gasteiger partial charge on any atom is -0.382 e. The first-order chi connectivity index (χ1) is 9.49. The van der Waals surface area contributed by atoms with E-state index in [1.165, 1.54) is 5.56 Å². The van der Waals surface area contributed by atoms with E-state index in [-0.39, 0.29) is 5.54 Å². The molecule has 3 N–H and O–H groups in total. The summed E-state index contributed by atoms with van der Waals surface area (Å²) in [6.45, 7) is 7.53. The molecular formula is C16H24N4. The number of rotatable bonds is 6. The normalized spacial score (nSPS) is 13.3. The third-order valence-electron chi connectivity index (χ3n) is 3.79. The molecule has 1 aromatic carbocycles. The highest BCUT2D eigenvalue weighted by Gasteiger charge is 2.20. The van der Waals surface area contributed by atoms with Crippen LogP contribution in [0.4, 0.5) is 5.82 Å². The van der Waals surface area contributed by atoms with Gasteiger partial charge in [-0.25, -0.2) is 4.98 Å². The second kappa shape index (κ2) is 6.09. The number of nitrogens with one attached hydrogen (secondary N) is 1. The monoisotopic (exact) mass is 272 g/mol. The quantitative estimate of drug-likeness (QED) is 0.850. The van der Waals surface area contributed by atoms with Crippen molar-refractivity contribution < 1.29 is 0 Å². The topological polar surface area (TPSA) is 55.9 Å². The molecule has 1 heterocycles. The molecule has 0 fully saturated rings. The molecule has 0 aliphatic heterocycles. The molecule has 0 bridgehead atoms. The summed E-state index contributed by atoms with van der Waals surface area (Å²) in [4.78, 5) is 4.09. The maximum Gasteiger partial charge on any atom is 0.141 e. The largest absolute Gasteiger partial charge is 0.382 e. The van der Waals surface area contributed by atoms with Crippen LogP contribution < -0.4 is 11.1 Å². The van der Waals surface area contributed by atoms with E-state index in [0.717, 1.165) is 13.0 Å². The van der Waals surface area contributed by atoms with E-state index in [1.54, 1.807) is 6.33 Å². The lowest BCUT2D eigenvalue weighted by molar-refractivity contribution is 0.315. The third-order valence-corrected chi connectivity index (χ3v) is 3.79. The highest BCUT2D eigenvalue weighted by molar-refractivity contribution is 5.23. The molecule has 1 unspecified atom stereocenters. The van der Waals surface area contributed by atoms with Gasteiger partial charge in [-0.3, -0.25) is 0 Å². The predicted molar refractivity (Wildman–Crippen MR) is 83.4 cm³/mol. The Hall–Kier alpha value is -1.81. The Labute approximate surface area is 121 Å². The average Bonchev–Trinajstić information content (AvgIpc) is 2.87. The highest BCUT2D eigenvalue weighted by atomic mass is 15.1. The Morgan fingerprint density at radius 3 is 2.60 bits per heavy atom. The first kappa shape index (κ1) is 14.6. The summed E-state index contributed by atoms with van der Waals surface area (Å²) in [6, 6.07) is 10.9. The van der Waals surface area contributed by atoms with Crippen LogP contribution in [-0.2, 0) is 5.54 Å². The summed E-state index contributed by atoms with van der Waals surface area (Å²) in [5.74, 6) is 0.573. The molecule has 0 saturated heterocycles. The molecule has 0 spiro atoms. The van der Waals surface area contributed by atoms with E-state index in [0.29, 0.717) is 11.9 Å². The van der Waals surface area contributed by atoms with Crippen molar-refractivity contribution in [2.45, 2.75) is 38.8 Å². The van der Waals surface area contributed by atoms with Crippen molar-refractivity contribution in [2.24, 2.45) is 0 Å². The number of imidazole rings is 1. The molecule has 108 valence electrons. The fraction of sp³-hybridized carbons (Fsp3) is 0.438. The van der Waals surface area contributed by atoms with Gasteiger partial charge in [0.1, 0.15) is 5.82 Å². The summed E-state index contributed by atoms with van der Waals surface area (Å²) < 4.78 is 2.08. The molecule has 2 aromatic rings. The van der Waals surface area contributed by atoms with Gasteiger partial charge in [0, 0.05) is 17.8 Å². The number of nitrogen functional groups attached to an aromatic ring is 1. The van der Waals surface area contributed by atoms with Crippen LogP contribution in [0.2, 0.25) is 0 Å². The van der Waals surface area contributed by atoms with Gasteiger partial charge in [-0.05, 0) is 39.3 Å². The van der Waals surface area contributed by atoms with E-state index < -0.39 is 0 Å². The van der Waals surface area contributed by atoms with Crippen molar-refractivity contribution in [1.82, 2.24) is 14.9 Å². The van der Waals surface area contributed by atoms with Crippen LogP contribution in [0.15, 0.2) is 42.9 Å². The van der Waals surface area contributed by atoms with Crippen molar-refractivity contribution in [1.29, 1.82) is 0 Å². The fourth-order valence-corrected chi connectivity index (χ4v) is 2.25. The first-order valence-corrected chi connectivity index (χ1v) is 7.07. The van der Waals surface area contributed by atoms with Gasteiger partial charge in [0.2, 0.25) is 0 Å². The summed E-state index contributed by atoms with van der Waals surface area (Å²) in [5.41, 5.74) is 7.01. The Kier molecular flexibility index (Phi) is 4.45. The van der Waals surface area contributed by atoms with Gasteiger partial charge < -0.3 is 15.6 Å². The van der Waals surface area contributed by atoms with Gasteiger partial charge in [0.05, 0.1) is 6.33 Å². The van der Waals surface area contributed by atoms with Crippen molar-refractivity contribution in [2.75, 3.05) is 12.3 Å². The van der Waals surface area contributed by atoms with Crippen LogP contribution in [0.5, 0.6) is 0 Å². The van der Waals surface area contributed by atoms with Crippen LogP contribution >= 0.6 is 0 Å². The molecule has 0 radical (unpaired) electrons. The van der Waals surface area contributed by atoms with Crippen molar-refractivity contribution in [3.05, 3.63) is 48.4 Å². The van der Waals surface area contributed by atoms with E-state index >= 15 is 0 Å². The lowest BCUT2D eigenvalue weighted by atomic mass is 10.00. The van der Waals surface area contributed by atoms with E-state index in [9.17, 15) is 0 Å². The molecular weight excluding hydrogens is 248 g/mol. The summed E-state index contributed by atoms with van der Waals surface area (Å²) in [7, 11) is 0. The van der Waals surface area contributed by atoms with Crippen molar-refractivity contribution >= 4 is 5.82 Å². The van der Waals surface area contributed by atoms with Crippen LogP contribution in [0.3, 0.4) is 0 Å². The van der Waals surface area contributed by atoms with Gasteiger partial charge in [0.25, 0.3) is 0 Å². The maximum absolute atomic E-state index is 5.68. The summed E-state index contributed by atoms with van der Waals surface area (Å²) in [5, 5.41) is 3.57. The molecule has 0 saturated carbocycles. The van der Waals surface area contributed by atoms with Crippen LogP contribution in [0, 0.1) is 0 Å². The van der Waals surface area contributed by atoms with Crippen LogP contribution in [0.1, 0.15) is 38.8 Å². The number of aromatic nitrogens is 2. The Morgan fingerprint density at radius 2 is 2.00 bits per heavy atom. The zero-order valence-electron chi connectivity index (χ0n) is 12.5. The van der Waals surface area contributed by atoms with Crippen LogP contribution in [0.25, 0.3) is 0 Å². The summed E-state index contributed by atoms with van der Waals surface area (Å²) in [6.07, 6.45) is 4.70. The molecule has 20 heavy (non-hydrogen) atoms. The van der Waals surface area contributed by atoms with Gasteiger partial charge in [-0.1, -0.05) is 30.3 Å². The Balaban J connectivity index is 1.86. The maximum atomic E-state index is 5.68. The van der Waals surface area contributed by atoms with E-state index in [2.05, 4.69) is 59.9 Å². The third kappa shape index (κ3) is 3.61. The molecule has 0 amide bonds. The molecule has 1 atom stereocenters. The molecule has 4 heteroatoms.